The third-order valence-corrected chi connectivity index (χ3v) is 3.61. The summed E-state index contributed by atoms with van der Waals surface area (Å²) in [5, 5.41) is 6.66. The molecule has 1 heterocycles. The van der Waals surface area contributed by atoms with E-state index in [1.54, 1.807) is 19.2 Å². The predicted octanol–water partition coefficient (Wildman–Crippen LogP) is 1.97. The van der Waals surface area contributed by atoms with E-state index >= 15 is 0 Å². The zero-order valence-electron chi connectivity index (χ0n) is 13.9. The Bertz CT molecular complexity index is 963. The first-order chi connectivity index (χ1) is 12.5. The molecule has 8 heteroatoms. The van der Waals surface area contributed by atoms with Crippen LogP contribution in [0.15, 0.2) is 57.7 Å². The fraction of sp³-hybridized carbons (Fsp3) is 0.167. The number of halogens is 1. The Balaban J connectivity index is 1.64. The lowest BCUT2D eigenvalue weighted by Gasteiger charge is -2.06. The fourth-order valence-electron chi connectivity index (χ4n) is 2.29. The van der Waals surface area contributed by atoms with Crippen LogP contribution in [0.25, 0.3) is 11.5 Å². The summed E-state index contributed by atoms with van der Waals surface area (Å²) in [6.07, 6.45) is 0. The molecule has 0 radical (unpaired) electrons. The van der Waals surface area contributed by atoms with Gasteiger partial charge in [0.15, 0.2) is 0 Å². The van der Waals surface area contributed by atoms with E-state index in [9.17, 15) is 14.0 Å². The molecule has 0 aliphatic carbocycles. The van der Waals surface area contributed by atoms with Gasteiger partial charge in [-0.25, -0.2) is 9.18 Å². The summed E-state index contributed by atoms with van der Waals surface area (Å²) in [5.41, 5.74) is 1.30. The molecule has 1 amide bonds. The molecule has 1 N–H and O–H groups in total. The molecule has 3 rings (SSSR count). The van der Waals surface area contributed by atoms with Crippen LogP contribution in [0.3, 0.4) is 0 Å². The molecule has 0 spiro atoms. The van der Waals surface area contributed by atoms with E-state index in [4.69, 9.17) is 9.15 Å². The van der Waals surface area contributed by atoms with Crippen molar-refractivity contribution in [3.63, 3.8) is 0 Å². The van der Waals surface area contributed by atoms with Gasteiger partial charge in [0.1, 0.15) is 18.1 Å². The van der Waals surface area contributed by atoms with Crippen molar-refractivity contribution in [2.24, 2.45) is 0 Å². The van der Waals surface area contributed by atoms with Crippen LogP contribution in [0.2, 0.25) is 0 Å². The fourth-order valence-corrected chi connectivity index (χ4v) is 2.29. The summed E-state index contributed by atoms with van der Waals surface area (Å²) in [4.78, 5) is 23.9. The predicted molar refractivity (Wildman–Crippen MR) is 91.0 cm³/mol. The monoisotopic (exact) mass is 357 g/mol. The number of nitrogens with zero attached hydrogens (tertiary/aromatic N) is 2. The van der Waals surface area contributed by atoms with Crippen LogP contribution in [-0.2, 0) is 17.9 Å². The minimum atomic E-state index is -0.763. The van der Waals surface area contributed by atoms with Gasteiger partial charge in [-0.1, -0.05) is 12.1 Å². The van der Waals surface area contributed by atoms with Crippen molar-refractivity contribution in [3.8, 4) is 17.2 Å². The van der Waals surface area contributed by atoms with Gasteiger partial charge in [-0.15, -0.1) is 5.10 Å². The molecule has 7 nitrogen and oxygen atoms in total. The number of methoxy groups -OCH3 is 1. The van der Waals surface area contributed by atoms with Crippen LogP contribution in [0.4, 0.5) is 4.39 Å². The van der Waals surface area contributed by atoms with Crippen molar-refractivity contribution in [3.05, 3.63) is 70.5 Å². The average Bonchev–Trinajstić information content (AvgIpc) is 3.01. The maximum atomic E-state index is 13.0. The van der Waals surface area contributed by atoms with Gasteiger partial charge in [0.05, 0.1) is 7.11 Å². The number of hydrogen-bond donors (Lipinski definition) is 1. The molecule has 0 atom stereocenters. The first-order valence-electron chi connectivity index (χ1n) is 7.78. The number of hydrogen-bond acceptors (Lipinski definition) is 5. The summed E-state index contributed by atoms with van der Waals surface area (Å²) in [6.45, 7) is 0.000943. The van der Waals surface area contributed by atoms with Crippen molar-refractivity contribution >= 4 is 5.91 Å². The Morgan fingerprint density at radius 3 is 2.77 bits per heavy atom. The maximum Gasteiger partial charge on any atom is 0.437 e. The Morgan fingerprint density at radius 1 is 1.27 bits per heavy atom. The molecule has 1 aromatic heterocycles. The number of rotatable bonds is 6. The zero-order chi connectivity index (χ0) is 18.5. The SMILES string of the molecule is COc1cccc(CNC(=O)Cn2nc(-c3ccc(F)cc3)oc2=O)c1. The number of nitrogens with one attached hydrogen (secondary N) is 1. The second kappa shape index (κ2) is 7.64. The highest BCUT2D eigenvalue weighted by Crippen LogP contribution is 2.15. The third-order valence-electron chi connectivity index (χ3n) is 3.61. The van der Waals surface area contributed by atoms with Crippen molar-refractivity contribution in [2.75, 3.05) is 7.11 Å². The van der Waals surface area contributed by atoms with E-state index in [0.29, 0.717) is 11.3 Å². The Labute approximate surface area is 148 Å². The lowest BCUT2D eigenvalue weighted by molar-refractivity contribution is -0.122. The Kier molecular flexibility index (Phi) is 5.12. The second-order valence-corrected chi connectivity index (χ2v) is 5.47. The molecule has 26 heavy (non-hydrogen) atoms. The number of ether oxygens (including phenoxy) is 1. The molecule has 0 unspecified atom stereocenters. The molecular formula is C18H16FN3O4. The van der Waals surface area contributed by atoms with Crippen molar-refractivity contribution < 1.29 is 18.3 Å². The average molecular weight is 357 g/mol. The first-order valence-corrected chi connectivity index (χ1v) is 7.78. The minimum absolute atomic E-state index is 0.0237. The van der Waals surface area contributed by atoms with Gasteiger partial charge in [0.2, 0.25) is 11.8 Å². The first kappa shape index (κ1) is 17.4. The molecule has 0 fully saturated rings. The third kappa shape index (κ3) is 4.15. The van der Waals surface area contributed by atoms with E-state index < -0.39 is 17.5 Å². The topological polar surface area (TPSA) is 86.4 Å². The Morgan fingerprint density at radius 2 is 2.04 bits per heavy atom. The molecular weight excluding hydrogens is 341 g/mol. The lowest BCUT2D eigenvalue weighted by Crippen LogP contribution is -2.31. The minimum Gasteiger partial charge on any atom is -0.497 e. The van der Waals surface area contributed by atoms with E-state index in [-0.39, 0.29) is 19.0 Å². The quantitative estimate of drug-likeness (QED) is 0.729. The highest BCUT2D eigenvalue weighted by atomic mass is 19.1. The standard InChI is InChI=1S/C18H16FN3O4/c1-25-15-4-2-3-12(9-15)10-20-16(23)11-22-18(24)26-17(21-22)13-5-7-14(19)8-6-13/h2-9H,10-11H2,1H3,(H,20,23). The Hall–Kier alpha value is -3.42. The molecule has 0 saturated heterocycles. The van der Waals surface area contributed by atoms with E-state index in [1.165, 1.54) is 24.3 Å². The molecule has 0 aliphatic rings. The van der Waals surface area contributed by atoms with Gasteiger partial charge < -0.3 is 14.5 Å². The maximum absolute atomic E-state index is 13.0. The molecule has 0 bridgehead atoms. The number of carbonyl (C=O) groups excluding carboxylic acids is 1. The highest BCUT2D eigenvalue weighted by molar-refractivity contribution is 5.75. The van der Waals surface area contributed by atoms with Crippen LogP contribution >= 0.6 is 0 Å². The second-order valence-electron chi connectivity index (χ2n) is 5.47. The van der Waals surface area contributed by atoms with Gasteiger partial charge >= 0.3 is 5.76 Å². The van der Waals surface area contributed by atoms with Gasteiger partial charge in [-0.05, 0) is 42.0 Å². The largest absolute Gasteiger partial charge is 0.497 e. The number of amides is 1. The number of aromatic nitrogens is 2. The summed E-state index contributed by atoms with van der Waals surface area (Å²) in [6, 6.07) is 12.6. The van der Waals surface area contributed by atoms with E-state index in [1.807, 2.05) is 12.1 Å². The lowest BCUT2D eigenvalue weighted by atomic mass is 10.2. The van der Waals surface area contributed by atoms with Gasteiger partial charge in [0, 0.05) is 12.1 Å². The van der Waals surface area contributed by atoms with Gasteiger partial charge in [0.25, 0.3) is 0 Å². The smallest absolute Gasteiger partial charge is 0.437 e. The van der Waals surface area contributed by atoms with Crippen molar-refractivity contribution in [2.45, 2.75) is 13.1 Å². The number of benzene rings is 2. The molecule has 0 aliphatic heterocycles. The van der Waals surface area contributed by atoms with Crippen LogP contribution in [0, 0.1) is 5.82 Å². The van der Waals surface area contributed by atoms with Crippen LogP contribution in [-0.4, -0.2) is 22.8 Å². The van der Waals surface area contributed by atoms with Crippen LogP contribution in [0.5, 0.6) is 5.75 Å². The van der Waals surface area contributed by atoms with Gasteiger partial charge in [-0.3, -0.25) is 4.79 Å². The highest BCUT2D eigenvalue weighted by Gasteiger charge is 2.13. The van der Waals surface area contributed by atoms with Crippen LogP contribution < -0.4 is 15.8 Å². The summed E-state index contributed by atoms with van der Waals surface area (Å²) in [7, 11) is 1.56. The van der Waals surface area contributed by atoms with Crippen molar-refractivity contribution in [1.82, 2.24) is 15.1 Å². The normalized spacial score (nSPS) is 10.5. The molecule has 3 aromatic rings. The summed E-state index contributed by atoms with van der Waals surface area (Å²) >= 11 is 0. The molecule has 0 saturated carbocycles. The van der Waals surface area contributed by atoms with Gasteiger partial charge in [-0.2, -0.15) is 4.68 Å². The molecule has 2 aromatic carbocycles. The van der Waals surface area contributed by atoms with Crippen LogP contribution in [0.1, 0.15) is 5.56 Å². The summed E-state index contributed by atoms with van der Waals surface area (Å²) < 4.78 is 24.0. The van der Waals surface area contributed by atoms with E-state index in [0.717, 1.165) is 10.2 Å². The number of carbonyl (C=O) groups is 1. The van der Waals surface area contributed by atoms with E-state index in [2.05, 4.69) is 10.4 Å². The zero-order valence-corrected chi connectivity index (χ0v) is 13.9. The molecule has 134 valence electrons. The van der Waals surface area contributed by atoms with Crippen molar-refractivity contribution in [1.29, 1.82) is 0 Å². The summed E-state index contributed by atoms with van der Waals surface area (Å²) in [5.74, 6) is -0.855.